The summed E-state index contributed by atoms with van der Waals surface area (Å²) in [6.45, 7) is 3.95. The van der Waals surface area contributed by atoms with Crippen LogP contribution in [0.4, 0.5) is 0 Å². The van der Waals surface area contributed by atoms with E-state index in [0.29, 0.717) is 6.61 Å². The Balaban J connectivity index is 2.43. The molecular weight excluding hydrogens is 218 g/mol. The van der Waals surface area contributed by atoms with Gasteiger partial charge in [0.15, 0.2) is 0 Å². The Morgan fingerprint density at radius 1 is 1.53 bits per heavy atom. The van der Waals surface area contributed by atoms with Crippen LogP contribution in [0.5, 0.6) is 5.75 Å². The first-order valence-corrected chi connectivity index (χ1v) is 5.69. The van der Waals surface area contributed by atoms with Crippen molar-refractivity contribution in [2.24, 2.45) is 5.73 Å². The molecule has 0 bridgehead atoms. The van der Waals surface area contributed by atoms with Crippen molar-refractivity contribution in [2.75, 3.05) is 6.61 Å². The molecule has 0 saturated carbocycles. The van der Waals surface area contributed by atoms with Crippen LogP contribution in [0.3, 0.4) is 0 Å². The number of carboxylic acids is 1. The summed E-state index contributed by atoms with van der Waals surface area (Å²) in [5.74, 6) is -0.131. The lowest BCUT2D eigenvalue weighted by atomic mass is 9.83. The first-order valence-electron chi connectivity index (χ1n) is 5.69. The van der Waals surface area contributed by atoms with E-state index in [4.69, 9.17) is 10.5 Å². The summed E-state index contributed by atoms with van der Waals surface area (Å²) in [6, 6.07) is 5.48. The molecule has 1 unspecified atom stereocenters. The number of nitrogens with two attached hydrogens (primary N) is 1. The first-order chi connectivity index (χ1) is 7.93. The maximum Gasteiger partial charge on any atom is 0.313 e. The van der Waals surface area contributed by atoms with E-state index in [1.165, 1.54) is 0 Å². The van der Waals surface area contributed by atoms with Gasteiger partial charge in [0, 0.05) is 18.0 Å². The molecule has 0 spiro atoms. The number of aliphatic carboxylic acids is 1. The van der Waals surface area contributed by atoms with Crippen LogP contribution < -0.4 is 10.5 Å². The normalized spacial score (nSPS) is 19.4. The van der Waals surface area contributed by atoms with Gasteiger partial charge in [0.25, 0.3) is 0 Å². The summed E-state index contributed by atoms with van der Waals surface area (Å²) < 4.78 is 5.54. The number of carboxylic acid groups (broad SMARTS) is 1. The number of rotatable bonds is 2. The van der Waals surface area contributed by atoms with Crippen molar-refractivity contribution in [3.8, 4) is 5.75 Å². The van der Waals surface area contributed by atoms with Crippen LogP contribution in [0.2, 0.25) is 0 Å². The van der Waals surface area contributed by atoms with Crippen LogP contribution in [0.1, 0.15) is 37.4 Å². The van der Waals surface area contributed by atoms with Crippen molar-refractivity contribution in [3.05, 3.63) is 29.3 Å². The standard InChI is InChI=1S/C13H17NO3/c1-13(2,12(15)16)8-3-4-9-10(14)5-6-17-11(9)7-8/h3-4,7,10H,5-6,14H2,1-2H3,(H,15,16). The Hall–Kier alpha value is -1.55. The van der Waals surface area contributed by atoms with Crippen molar-refractivity contribution in [3.63, 3.8) is 0 Å². The molecule has 92 valence electrons. The third kappa shape index (κ3) is 2.00. The van der Waals surface area contributed by atoms with Crippen LogP contribution in [-0.4, -0.2) is 17.7 Å². The lowest BCUT2D eigenvalue weighted by molar-refractivity contribution is -0.142. The molecule has 4 nitrogen and oxygen atoms in total. The molecule has 0 aromatic heterocycles. The highest BCUT2D eigenvalue weighted by Crippen LogP contribution is 2.34. The van der Waals surface area contributed by atoms with E-state index in [1.54, 1.807) is 19.9 Å². The molecule has 0 aliphatic carbocycles. The predicted molar refractivity (Wildman–Crippen MR) is 64.1 cm³/mol. The van der Waals surface area contributed by atoms with Crippen LogP contribution in [0, 0.1) is 0 Å². The van der Waals surface area contributed by atoms with Crippen molar-refractivity contribution in [1.82, 2.24) is 0 Å². The quantitative estimate of drug-likeness (QED) is 0.820. The molecule has 17 heavy (non-hydrogen) atoms. The minimum Gasteiger partial charge on any atom is -0.493 e. The Labute approximate surface area is 100 Å². The molecule has 0 radical (unpaired) electrons. The van der Waals surface area contributed by atoms with Gasteiger partial charge in [-0.15, -0.1) is 0 Å². The van der Waals surface area contributed by atoms with Crippen molar-refractivity contribution in [1.29, 1.82) is 0 Å². The fourth-order valence-electron chi connectivity index (χ4n) is 1.93. The molecule has 2 rings (SSSR count). The third-order valence-corrected chi connectivity index (χ3v) is 3.36. The second-order valence-electron chi connectivity index (χ2n) is 4.93. The summed E-state index contributed by atoms with van der Waals surface area (Å²) in [5, 5.41) is 9.19. The van der Waals surface area contributed by atoms with E-state index in [1.807, 2.05) is 12.1 Å². The highest BCUT2D eigenvalue weighted by molar-refractivity contribution is 5.80. The maximum absolute atomic E-state index is 11.2. The van der Waals surface area contributed by atoms with E-state index in [0.717, 1.165) is 23.3 Å². The third-order valence-electron chi connectivity index (χ3n) is 3.36. The van der Waals surface area contributed by atoms with E-state index in [2.05, 4.69) is 0 Å². The highest BCUT2D eigenvalue weighted by atomic mass is 16.5. The first kappa shape index (κ1) is 11.9. The number of fused-ring (bicyclic) bond motifs is 1. The van der Waals surface area contributed by atoms with Gasteiger partial charge in [-0.2, -0.15) is 0 Å². The van der Waals surface area contributed by atoms with Gasteiger partial charge in [-0.3, -0.25) is 4.79 Å². The van der Waals surface area contributed by atoms with Gasteiger partial charge in [0.2, 0.25) is 0 Å². The summed E-state index contributed by atoms with van der Waals surface area (Å²) in [4.78, 5) is 11.2. The monoisotopic (exact) mass is 235 g/mol. The van der Waals surface area contributed by atoms with Crippen molar-refractivity contribution < 1.29 is 14.6 Å². The smallest absolute Gasteiger partial charge is 0.313 e. The molecule has 3 N–H and O–H groups in total. The Morgan fingerprint density at radius 2 is 2.24 bits per heavy atom. The number of benzene rings is 1. The van der Waals surface area contributed by atoms with Gasteiger partial charge in [-0.25, -0.2) is 0 Å². The molecule has 1 aliphatic heterocycles. The second kappa shape index (κ2) is 4.04. The van der Waals surface area contributed by atoms with E-state index < -0.39 is 11.4 Å². The fraction of sp³-hybridized carbons (Fsp3) is 0.462. The van der Waals surface area contributed by atoms with Gasteiger partial charge in [-0.05, 0) is 25.5 Å². The average molecular weight is 235 g/mol. The summed E-state index contributed by atoms with van der Waals surface area (Å²) >= 11 is 0. The molecule has 1 aliphatic rings. The van der Waals surface area contributed by atoms with Crippen molar-refractivity contribution >= 4 is 5.97 Å². The molecule has 0 fully saturated rings. The fourth-order valence-corrected chi connectivity index (χ4v) is 1.93. The predicted octanol–water partition coefficient (Wildman–Crippen LogP) is 1.83. The van der Waals surface area contributed by atoms with Gasteiger partial charge in [0.1, 0.15) is 5.75 Å². The van der Waals surface area contributed by atoms with Crippen LogP contribution in [-0.2, 0) is 10.2 Å². The Kier molecular flexibility index (Phi) is 2.83. The van der Waals surface area contributed by atoms with Crippen LogP contribution in [0.15, 0.2) is 18.2 Å². The summed E-state index contributed by atoms with van der Waals surface area (Å²) in [5.41, 5.74) is 6.75. The van der Waals surface area contributed by atoms with E-state index in [-0.39, 0.29) is 6.04 Å². The van der Waals surface area contributed by atoms with Crippen molar-refractivity contribution in [2.45, 2.75) is 31.7 Å². The number of hydrogen-bond acceptors (Lipinski definition) is 3. The molecular formula is C13H17NO3. The Bertz CT molecular complexity index is 454. The number of ether oxygens (including phenoxy) is 1. The number of hydrogen-bond donors (Lipinski definition) is 2. The topological polar surface area (TPSA) is 72.5 Å². The minimum absolute atomic E-state index is 0.0132. The van der Waals surface area contributed by atoms with Crippen LogP contribution >= 0.6 is 0 Å². The zero-order valence-electron chi connectivity index (χ0n) is 10.1. The average Bonchev–Trinajstić information content (AvgIpc) is 2.28. The van der Waals surface area contributed by atoms with E-state index >= 15 is 0 Å². The second-order valence-corrected chi connectivity index (χ2v) is 4.93. The van der Waals surface area contributed by atoms with Gasteiger partial charge < -0.3 is 15.6 Å². The molecule has 0 saturated heterocycles. The lowest BCUT2D eigenvalue weighted by Gasteiger charge is -2.26. The minimum atomic E-state index is -0.917. The maximum atomic E-state index is 11.2. The molecule has 1 aromatic carbocycles. The van der Waals surface area contributed by atoms with Crippen LogP contribution in [0.25, 0.3) is 0 Å². The molecule has 1 aromatic rings. The highest BCUT2D eigenvalue weighted by Gasteiger charge is 2.31. The van der Waals surface area contributed by atoms with Gasteiger partial charge in [-0.1, -0.05) is 12.1 Å². The SMILES string of the molecule is CC(C)(C(=O)O)c1ccc2c(c1)OCCC2N. The lowest BCUT2D eigenvalue weighted by Crippen LogP contribution is -2.29. The molecule has 0 amide bonds. The number of carbonyl (C=O) groups is 1. The zero-order valence-corrected chi connectivity index (χ0v) is 10.1. The van der Waals surface area contributed by atoms with Gasteiger partial charge in [0.05, 0.1) is 12.0 Å². The zero-order chi connectivity index (χ0) is 12.6. The molecule has 4 heteroatoms. The summed E-state index contributed by atoms with van der Waals surface area (Å²) in [6.07, 6.45) is 0.800. The van der Waals surface area contributed by atoms with Gasteiger partial charge >= 0.3 is 5.97 Å². The molecule has 1 heterocycles. The molecule has 1 atom stereocenters. The summed E-state index contributed by atoms with van der Waals surface area (Å²) in [7, 11) is 0. The largest absolute Gasteiger partial charge is 0.493 e. The Morgan fingerprint density at radius 3 is 2.88 bits per heavy atom. The van der Waals surface area contributed by atoms with E-state index in [9.17, 15) is 9.90 Å².